The van der Waals surface area contributed by atoms with Crippen molar-refractivity contribution in [3.8, 4) is 11.8 Å². The number of aromatic amines is 1. The van der Waals surface area contributed by atoms with Crippen molar-refractivity contribution in [2.45, 2.75) is 13.5 Å². The first-order chi connectivity index (χ1) is 18.1. The lowest BCUT2D eigenvalue weighted by Gasteiger charge is -2.32. The first kappa shape index (κ1) is 24.6. The van der Waals surface area contributed by atoms with E-state index < -0.39 is 0 Å². The molecule has 0 aliphatic carbocycles. The number of likely N-dealkylation sites (N-methyl/N-ethyl adjacent to an activating group) is 1. The number of anilines is 2. The molecule has 5 rings (SSSR count). The zero-order valence-corrected chi connectivity index (χ0v) is 21.6. The molecule has 0 radical (unpaired) electrons. The molecule has 37 heavy (non-hydrogen) atoms. The topological polar surface area (TPSA) is 80.2 Å². The van der Waals surface area contributed by atoms with Crippen molar-refractivity contribution < 1.29 is 4.74 Å². The Morgan fingerprint density at radius 1 is 1.08 bits per heavy atom. The van der Waals surface area contributed by atoms with Crippen molar-refractivity contribution in [1.29, 1.82) is 5.26 Å². The lowest BCUT2D eigenvalue weighted by Crippen LogP contribution is -2.43. The molecule has 1 fully saturated rings. The number of fused-ring (bicyclic) bond motifs is 1. The van der Waals surface area contributed by atoms with Crippen LogP contribution in [0, 0.1) is 18.3 Å². The van der Waals surface area contributed by atoms with Crippen molar-refractivity contribution in [2.75, 3.05) is 45.7 Å². The van der Waals surface area contributed by atoms with Crippen LogP contribution in [-0.4, -0.2) is 60.1 Å². The molecular weight excluding hydrogens is 460 g/mol. The van der Waals surface area contributed by atoms with Gasteiger partial charge < -0.3 is 19.9 Å². The average molecular weight is 493 g/mol. The van der Waals surface area contributed by atoms with Gasteiger partial charge in [-0.25, -0.2) is 0 Å². The summed E-state index contributed by atoms with van der Waals surface area (Å²) in [4.78, 5) is 12.4. The minimum absolute atomic E-state index is 0.492. The first-order valence-corrected chi connectivity index (χ1v) is 12.5. The number of hydrogen-bond acceptors (Lipinski definition) is 6. The summed E-state index contributed by atoms with van der Waals surface area (Å²) in [7, 11) is 3.90. The number of benzene rings is 2. The molecule has 0 saturated carbocycles. The SMILES string of the molecule is COc1c(C=Cc2cncc(C#N)c2Nc2ccc3[nH]ccc3c2C)cccc1CN1CCN(C)CC1. The van der Waals surface area contributed by atoms with Crippen LogP contribution in [0.2, 0.25) is 0 Å². The average Bonchev–Trinajstić information content (AvgIpc) is 3.40. The van der Waals surface area contributed by atoms with E-state index in [2.05, 4.69) is 69.4 Å². The Hall–Kier alpha value is -4.12. The van der Waals surface area contributed by atoms with Crippen molar-refractivity contribution >= 4 is 34.4 Å². The summed E-state index contributed by atoms with van der Waals surface area (Å²) in [6.07, 6.45) is 9.36. The molecule has 2 N–H and O–H groups in total. The van der Waals surface area contributed by atoms with Crippen molar-refractivity contribution in [3.63, 3.8) is 0 Å². The van der Waals surface area contributed by atoms with Gasteiger partial charge in [-0.2, -0.15) is 5.26 Å². The number of pyridine rings is 1. The highest BCUT2D eigenvalue weighted by atomic mass is 16.5. The molecule has 0 unspecified atom stereocenters. The number of aryl methyl sites for hydroxylation is 1. The summed E-state index contributed by atoms with van der Waals surface area (Å²) >= 11 is 0. The van der Waals surface area contributed by atoms with Crippen LogP contribution < -0.4 is 10.1 Å². The molecule has 1 saturated heterocycles. The molecule has 2 aromatic carbocycles. The van der Waals surface area contributed by atoms with Gasteiger partial charge in [-0.1, -0.05) is 30.4 Å². The first-order valence-electron chi connectivity index (χ1n) is 12.5. The molecule has 1 aliphatic heterocycles. The van der Waals surface area contributed by atoms with Gasteiger partial charge in [0.25, 0.3) is 0 Å². The summed E-state index contributed by atoms with van der Waals surface area (Å²) in [5, 5.41) is 14.5. The van der Waals surface area contributed by atoms with Gasteiger partial charge in [0.2, 0.25) is 0 Å². The molecule has 2 aromatic heterocycles. The molecule has 188 valence electrons. The van der Waals surface area contributed by atoms with E-state index in [-0.39, 0.29) is 0 Å². The minimum atomic E-state index is 0.492. The van der Waals surface area contributed by atoms with E-state index in [1.807, 2.05) is 30.5 Å². The maximum absolute atomic E-state index is 9.82. The molecule has 0 spiro atoms. The third-order valence-corrected chi connectivity index (χ3v) is 7.12. The monoisotopic (exact) mass is 492 g/mol. The number of piperazine rings is 1. The fraction of sp³-hybridized carbons (Fsp3) is 0.267. The number of para-hydroxylation sites is 1. The number of ether oxygens (including phenoxy) is 1. The Kier molecular flexibility index (Phi) is 7.22. The van der Waals surface area contributed by atoms with Gasteiger partial charge >= 0.3 is 0 Å². The number of nitrogens with one attached hydrogen (secondary N) is 2. The summed E-state index contributed by atoms with van der Waals surface area (Å²) < 4.78 is 5.87. The van der Waals surface area contributed by atoms with Crippen LogP contribution in [0.15, 0.2) is 55.0 Å². The zero-order chi connectivity index (χ0) is 25.8. The predicted molar refractivity (Wildman–Crippen MR) is 150 cm³/mol. The van der Waals surface area contributed by atoms with Gasteiger partial charge in [0.1, 0.15) is 11.8 Å². The van der Waals surface area contributed by atoms with Gasteiger partial charge in [-0.05, 0) is 37.7 Å². The Morgan fingerprint density at radius 3 is 2.68 bits per heavy atom. The van der Waals surface area contributed by atoms with Gasteiger partial charge in [-0.3, -0.25) is 9.88 Å². The van der Waals surface area contributed by atoms with E-state index in [9.17, 15) is 5.26 Å². The Bertz CT molecular complexity index is 1470. The van der Waals surface area contributed by atoms with Crippen LogP contribution in [0.1, 0.15) is 27.8 Å². The third kappa shape index (κ3) is 5.21. The van der Waals surface area contributed by atoms with E-state index in [1.165, 1.54) is 5.56 Å². The quantitative estimate of drug-likeness (QED) is 0.359. The van der Waals surface area contributed by atoms with E-state index in [0.717, 1.165) is 77.4 Å². The van der Waals surface area contributed by atoms with Gasteiger partial charge in [0.05, 0.1) is 18.4 Å². The van der Waals surface area contributed by atoms with Crippen LogP contribution in [0.3, 0.4) is 0 Å². The third-order valence-electron chi connectivity index (χ3n) is 7.12. The maximum atomic E-state index is 9.82. The summed E-state index contributed by atoms with van der Waals surface area (Å²) in [5.41, 5.74) is 7.38. The van der Waals surface area contributed by atoms with E-state index in [1.54, 1.807) is 19.5 Å². The second-order valence-electron chi connectivity index (χ2n) is 9.52. The van der Waals surface area contributed by atoms with E-state index in [4.69, 9.17) is 4.74 Å². The normalized spacial score (nSPS) is 14.8. The number of methoxy groups -OCH3 is 1. The fourth-order valence-corrected chi connectivity index (χ4v) is 4.92. The Labute approximate surface area is 218 Å². The predicted octanol–water partition coefficient (Wildman–Crippen LogP) is 5.41. The number of H-pyrrole nitrogens is 1. The highest BCUT2D eigenvalue weighted by Gasteiger charge is 2.17. The summed E-state index contributed by atoms with van der Waals surface area (Å²) in [6.45, 7) is 7.20. The summed E-state index contributed by atoms with van der Waals surface area (Å²) in [5.74, 6) is 0.880. The van der Waals surface area contributed by atoms with Crippen molar-refractivity contribution in [3.05, 3.63) is 82.8 Å². The van der Waals surface area contributed by atoms with Gasteiger partial charge in [-0.15, -0.1) is 0 Å². The summed E-state index contributed by atoms with van der Waals surface area (Å²) in [6, 6.07) is 14.7. The molecule has 0 atom stereocenters. The zero-order valence-electron chi connectivity index (χ0n) is 21.6. The molecule has 7 nitrogen and oxygen atoms in total. The molecule has 7 heteroatoms. The molecule has 1 aliphatic rings. The minimum Gasteiger partial charge on any atom is -0.496 e. The van der Waals surface area contributed by atoms with E-state index in [0.29, 0.717) is 5.56 Å². The van der Waals surface area contributed by atoms with Crippen molar-refractivity contribution in [1.82, 2.24) is 19.8 Å². The number of nitriles is 1. The molecule has 3 heterocycles. The standard InChI is InChI=1S/C30H32N6O/c1-21-26-11-12-33-28(26)10-9-27(21)34-29-23(18-32-19-25(29)17-31)8-7-22-5-4-6-24(30(22)37-3)20-36-15-13-35(2)14-16-36/h4-12,18-19,33H,13-16,20H2,1-3H3,(H,32,34). The van der Waals surface area contributed by atoms with E-state index >= 15 is 0 Å². The van der Waals surface area contributed by atoms with Crippen LogP contribution in [0.25, 0.3) is 23.1 Å². The molecular formula is C30H32N6O. The number of hydrogen-bond donors (Lipinski definition) is 2. The smallest absolute Gasteiger partial charge is 0.130 e. The lowest BCUT2D eigenvalue weighted by molar-refractivity contribution is 0.147. The van der Waals surface area contributed by atoms with Crippen molar-refractivity contribution in [2.24, 2.45) is 0 Å². The molecule has 0 bridgehead atoms. The second-order valence-corrected chi connectivity index (χ2v) is 9.52. The number of nitrogens with zero attached hydrogens (tertiary/aromatic N) is 4. The van der Waals surface area contributed by atoms with Gasteiger partial charge in [0, 0.05) is 84.6 Å². The second kappa shape index (κ2) is 10.9. The number of rotatable bonds is 7. The fourth-order valence-electron chi connectivity index (χ4n) is 4.92. The largest absolute Gasteiger partial charge is 0.496 e. The van der Waals surface area contributed by atoms with Crippen LogP contribution in [0.5, 0.6) is 5.75 Å². The van der Waals surface area contributed by atoms with Crippen LogP contribution >= 0.6 is 0 Å². The Balaban J connectivity index is 1.45. The molecule has 4 aromatic rings. The highest BCUT2D eigenvalue weighted by Crippen LogP contribution is 2.32. The van der Waals surface area contributed by atoms with Crippen LogP contribution in [-0.2, 0) is 6.54 Å². The van der Waals surface area contributed by atoms with Crippen LogP contribution in [0.4, 0.5) is 11.4 Å². The lowest BCUT2D eigenvalue weighted by atomic mass is 10.0. The molecule has 0 amide bonds. The number of aromatic nitrogens is 2. The maximum Gasteiger partial charge on any atom is 0.130 e. The van der Waals surface area contributed by atoms with Gasteiger partial charge in [0.15, 0.2) is 0 Å². The Morgan fingerprint density at radius 2 is 1.89 bits per heavy atom. The highest BCUT2D eigenvalue weighted by molar-refractivity contribution is 5.90.